The number of fused-ring (bicyclic) bond motifs is 1. The fourth-order valence-electron chi connectivity index (χ4n) is 4.43. The van der Waals surface area contributed by atoms with Gasteiger partial charge < -0.3 is 14.4 Å². The number of hydrogen-bond donors (Lipinski definition) is 0. The van der Waals surface area contributed by atoms with Crippen LogP contribution in [0.4, 0.5) is 0 Å². The fraction of sp³-hybridized carbons (Fsp3) is 0.222. The van der Waals surface area contributed by atoms with Gasteiger partial charge in [0.25, 0.3) is 5.91 Å². The Balaban J connectivity index is 1.53. The first-order valence-electron chi connectivity index (χ1n) is 11.5. The van der Waals surface area contributed by atoms with Gasteiger partial charge in [-0.3, -0.25) is 13.9 Å². The summed E-state index contributed by atoms with van der Waals surface area (Å²) in [6, 6.07) is 19.2. The zero-order chi connectivity index (χ0) is 25.2. The highest BCUT2D eigenvalue weighted by Crippen LogP contribution is 2.23. The van der Waals surface area contributed by atoms with Crippen molar-refractivity contribution >= 4 is 34.5 Å². The lowest BCUT2D eigenvalue weighted by atomic mass is 10.1. The first kappa shape index (κ1) is 23.8. The third-order valence-electron chi connectivity index (χ3n) is 6.25. The largest absolute Gasteiger partial charge is 0.465 e. The van der Waals surface area contributed by atoms with E-state index >= 15 is 0 Å². The number of carbonyl (C=O) groups is 2. The lowest BCUT2D eigenvalue weighted by Gasteiger charge is -2.26. The number of halogens is 1. The number of esters is 1. The highest BCUT2D eigenvalue weighted by atomic mass is 35.5. The zero-order valence-electron chi connectivity index (χ0n) is 19.6. The maximum Gasteiger partial charge on any atom is 0.337 e. The van der Waals surface area contributed by atoms with E-state index in [2.05, 4.69) is 0 Å². The molecule has 1 aromatic heterocycles. The molecule has 9 heteroatoms. The molecular weight excluding hydrogens is 482 g/mol. The van der Waals surface area contributed by atoms with Crippen molar-refractivity contribution in [1.29, 1.82) is 0 Å². The molecule has 1 fully saturated rings. The Kier molecular flexibility index (Phi) is 6.63. The minimum absolute atomic E-state index is 0.0619. The van der Waals surface area contributed by atoms with Gasteiger partial charge in [-0.2, -0.15) is 0 Å². The summed E-state index contributed by atoms with van der Waals surface area (Å²) in [5, 5.41) is 0.500. The molecule has 0 radical (unpaired) electrons. The third kappa shape index (κ3) is 4.53. The van der Waals surface area contributed by atoms with Crippen LogP contribution in [-0.2, 0) is 16.0 Å². The van der Waals surface area contributed by atoms with Crippen molar-refractivity contribution in [3.8, 4) is 5.69 Å². The van der Waals surface area contributed by atoms with E-state index in [1.807, 2.05) is 6.07 Å². The quantitative estimate of drug-likeness (QED) is 0.386. The number of ether oxygens (including phenoxy) is 2. The van der Waals surface area contributed by atoms with E-state index < -0.39 is 5.97 Å². The molecule has 2 heterocycles. The van der Waals surface area contributed by atoms with Gasteiger partial charge in [-0.1, -0.05) is 23.7 Å². The Morgan fingerprint density at radius 2 is 1.69 bits per heavy atom. The summed E-state index contributed by atoms with van der Waals surface area (Å²) in [4.78, 5) is 40.2. The summed E-state index contributed by atoms with van der Waals surface area (Å²) in [6.45, 7) is 2.43. The van der Waals surface area contributed by atoms with Crippen LogP contribution in [0.1, 0.15) is 26.3 Å². The summed E-state index contributed by atoms with van der Waals surface area (Å²) >= 11 is 6.29. The molecule has 8 nitrogen and oxygen atoms in total. The molecule has 0 N–H and O–H groups in total. The van der Waals surface area contributed by atoms with Crippen LogP contribution in [0.3, 0.4) is 0 Å². The van der Waals surface area contributed by atoms with Gasteiger partial charge in [0.05, 0.1) is 49.2 Å². The maximum absolute atomic E-state index is 13.6. The van der Waals surface area contributed by atoms with Crippen LogP contribution in [0.5, 0.6) is 0 Å². The van der Waals surface area contributed by atoms with Crippen LogP contribution in [0.25, 0.3) is 16.7 Å². The molecular formula is C27H24ClN3O5. The normalized spacial score (nSPS) is 13.7. The van der Waals surface area contributed by atoms with Crippen molar-refractivity contribution in [2.75, 3.05) is 33.4 Å². The second-order valence-corrected chi connectivity index (χ2v) is 8.92. The maximum atomic E-state index is 13.6. The number of benzene rings is 3. The second kappa shape index (κ2) is 10.0. The smallest absolute Gasteiger partial charge is 0.337 e. The number of carbonyl (C=O) groups excluding carboxylic acids is 2. The Hall–Kier alpha value is -3.88. The van der Waals surface area contributed by atoms with E-state index in [-0.39, 0.29) is 18.1 Å². The molecule has 1 aliphatic rings. The minimum Gasteiger partial charge on any atom is -0.465 e. The van der Waals surface area contributed by atoms with Crippen molar-refractivity contribution in [3.05, 3.63) is 98.9 Å². The summed E-state index contributed by atoms with van der Waals surface area (Å²) in [7, 11) is 1.33. The van der Waals surface area contributed by atoms with Crippen molar-refractivity contribution in [3.63, 3.8) is 0 Å². The standard InChI is InChI=1S/C27H24ClN3O5/c1-35-26(33)20-4-2-3-18(15-20)17-30-23-10-7-21(28)16-24(23)31(27(30)34)22-8-5-19(6-9-22)25(32)29-11-13-36-14-12-29/h2-10,15-16H,11-14,17H2,1H3. The molecule has 0 spiro atoms. The first-order valence-corrected chi connectivity index (χ1v) is 11.9. The van der Waals surface area contributed by atoms with Gasteiger partial charge in [0.2, 0.25) is 0 Å². The molecule has 0 saturated carbocycles. The lowest BCUT2D eigenvalue weighted by Crippen LogP contribution is -2.40. The van der Waals surface area contributed by atoms with Crippen LogP contribution in [-0.4, -0.2) is 59.3 Å². The molecule has 36 heavy (non-hydrogen) atoms. The molecule has 3 aromatic carbocycles. The Labute approximate surface area is 212 Å². The number of aromatic nitrogens is 2. The Morgan fingerprint density at radius 3 is 2.42 bits per heavy atom. The number of amides is 1. The average Bonchev–Trinajstić information content (AvgIpc) is 3.18. The fourth-order valence-corrected chi connectivity index (χ4v) is 4.60. The minimum atomic E-state index is -0.440. The number of rotatable bonds is 5. The van der Waals surface area contributed by atoms with E-state index in [1.54, 1.807) is 74.7 Å². The molecule has 0 atom stereocenters. The van der Waals surface area contributed by atoms with Gasteiger partial charge in [-0.25, -0.2) is 9.59 Å². The number of nitrogens with zero attached hydrogens (tertiary/aromatic N) is 3. The predicted molar refractivity (Wildman–Crippen MR) is 136 cm³/mol. The monoisotopic (exact) mass is 505 g/mol. The highest BCUT2D eigenvalue weighted by molar-refractivity contribution is 6.31. The van der Waals surface area contributed by atoms with Gasteiger partial charge >= 0.3 is 11.7 Å². The molecule has 0 bridgehead atoms. The number of methoxy groups -OCH3 is 1. The van der Waals surface area contributed by atoms with Crippen molar-refractivity contribution < 1.29 is 19.1 Å². The van der Waals surface area contributed by atoms with Gasteiger partial charge in [0, 0.05) is 23.7 Å². The highest BCUT2D eigenvalue weighted by Gasteiger charge is 2.20. The summed E-state index contributed by atoms with van der Waals surface area (Å²) < 4.78 is 13.4. The molecule has 1 aliphatic heterocycles. The SMILES string of the molecule is COC(=O)c1cccc(Cn2c(=O)n(-c3ccc(C(=O)N4CCOCC4)cc3)c3cc(Cl)ccc32)c1. The molecule has 1 amide bonds. The van der Waals surface area contributed by atoms with Crippen molar-refractivity contribution in [2.24, 2.45) is 0 Å². The molecule has 0 aliphatic carbocycles. The van der Waals surface area contributed by atoms with Crippen LogP contribution in [0, 0.1) is 0 Å². The van der Waals surface area contributed by atoms with E-state index in [4.69, 9.17) is 21.1 Å². The van der Waals surface area contributed by atoms with Gasteiger partial charge in [0.1, 0.15) is 0 Å². The third-order valence-corrected chi connectivity index (χ3v) is 6.49. The second-order valence-electron chi connectivity index (χ2n) is 8.48. The predicted octanol–water partition coefficient (Wildman–Crippen LogP) is 3.75. The van der Waals surface area contributed by atoms with Gasteiger partial charge in [-0.15, -0.1) is 0 Å². The van der Waals surface area contributed by atoms with Crippen molar-refractivity contribution in [2.45, 2.75) is 6.54 Å². The van der Waals surface area contributed by atoms with E-state index in [9.17, 15) is 14.4 Å². The summed E-state index contributed by atoms with van der Waals surface area (Å²) in [6.07, 6.45) is 0. The van der Waals surface area contributed by atoms with E-state index in [1.165, 1.54) is 7.11 Å². The Morgan fingerprint density at radius 1 is 0.944 bits per heavy atom. The molecule has 5 rings (SSSR count). The average molecular weight is 506 g/mol. The zero-order valence-corrected chi connectivity index (χ0v) is 20.4. The van der Waals surface area contributed by atoms with E-state index in [0.29, 0.717) is 59.2 Å². The Bertz CT molecular complexity index is 1500. The van der Waals surface area contributed by atoms with E-state index in [0.717, 1.165) is 5.56 Å². The number of hydrogen-bond acceptors (Lipinski definition) is 5. The molecule has 4 aromatic rings. The molecule has 0 unspecified atom stereocenters. The summed E-state index contributed by atoms with van der Waals surface area (Å²) in [5.74, 6) is -0.502. The molecule has 1 saturated heterocycles. The van der Waals surface area contributed by atoms with Gasteiger partial charge in [0.15, 0.2) is 0 Å². The summed E-state index contributed by atoms with van der Waals surface area (Å²) in [5.41, 5.74) is 3.44. The van der Waals surface area contributed by atoms with Crippen LogP contribution in [0.15, 0.2) is 71.5 Å². The van der Waals surface area contributed by atoms with Crippen LogP contribution >= 0.6 is 11.6 Å². The van der Waals surface area contributed by atoms with Crippen LogP contribution in [0.2, 0.25) is 5.02 Å². The number of morpholine rings is 1. The first-order chi connectivity index (χ1) is 17.5. The van der Waals surface area contributed by atoms with Gasteiger partial charge in [-0.05, 0) is 60.2 Å². The van der Waals surface area contributed by atoms with Crippen LogP contribution < -0.4 is 5.69 Å². The lowest BCUT2D eigenvalue weighted by molar-refractivity contribution is 0.0303. The topological polar surface area (TPSA) is 82.8 Å². The number of imidazole rings is 1. The molecule has 184 valence electrons. The van der Waals surface area contributed by atoms with Crippen molar-refractivity contribution in [1.82, 2.24) is 14.0 Å².